The first-order chi connectivity index (χ1) is 4.93. The molecule has 0 aliphatic carbocycles. The van der Waals surface area contributed by atoms with Crippen molar-refractivity contribution >= 4 is 6.09 Å². The Morgan fingerprint density at radius 3 is 2.27 bits per heavy atom. The zero-order valence-electron chi connectivity index (χ0n) is 7.47. The third-order valence-electron chi connectivity index (χ3n) is 2.04. The van der Waals surface area contributed by atoms with Gasteiger partial charge in [0.25, 0.3) is 0 Å². The molecule has 1 heterocycles. The molecule has 64 valence electrons. The molecule has 0 bridgehead atoms. The van der Waals surface area contributed by atoms with Crippen molar-refractivity contribution in [3.63, 3.8) is 0 Å². The molecule has 0 aromatic heterocycles. The molecule has 1 aliphatic heterocycles. The summed E-state index contributed by atoms with van der Waals surface area (Å²) in [6.45, 7) is 7.99. The van der Waals surface area contributed by atoms with E-state index < -0.39 is 0 Å². The molecule has 1 N–H and O–H groups in total. The van der Waals surface area contributed by atoms with E-state index in [4.69, 9.17) is 4.74 Å². The number of hydrogen-bond donors (Lipinski definition) is 1. The van der Waals surface area contributed by atoms with Gasteiger partial charge in [0.1, 0.15) is 5.60 Å². The van der Waals surface area contributed by atoms with Crippen LogP contribution in [0.25, 0.3) is 0 Å². The van der Waals surface area contributed by atoms with Crippen LogP contribution in [-0.2, 0) is 4.74 Å². The maximum absolute atomic E-state index is 10.8. The van der Waals surface area contributed by atoms with Crippen LogP contribution in [-0.4, -0.2) is 17.7 Å². The summed E-state index contributed by atoms with van der Waals surface area (Å²) < 4.78 is 5.07. The molecule has 0 aromatic carbocycles. The molecule has 1 aliphatic rings. The van der Waals surface area contributed by atoms with Crippen molar-refractivity contribution in [2.45, 2.75) is 39.3 Å². The number of hydrogen-bond acceptors (Lipinski definition) is 2. The topological polar surface area (TPSA) is 38.3 Å². The summed E-state index contributed by atoms with van der Waals surface area (Å²) in [5.41, 5.74) is -0.356. The zero-order chi connectivity index (χ0) is 8.65. The van der Waals surface area contributed by atoms with Crippen LogP contribution in [0.4, 0.5) is 4.79 Å². The van der Waals surface area contributed by atoms with Crippen molar-refractivity contribution in [1.29, 1.82) is 0 Å². The van der Waals surface area contributed by atoms with Gasteiger partial charge >= 0.3 is 6.09 Å². The first-order valence-electron chi connectivity index (χ1n) is 3.93. The van der Waals surface area contributed by atoms with Gasteiger partial charge < -0.3 is 10.1 Å². The van der Waals surface area contributed by atoms with Crippen LogP contribution in [0.1, 0.15) is 27.7 Å². The Bertz CT molecular complexity index is 175. The van der Waals surface area contributed by atoms with E-state index in [9.17, 15) is 4.79 Å². The Hall–Kier alpha value is -0.730. The molecule has 11 heavy (non-hydrogen) atoms. The Labute approximate surface area is 67.1 Å². The van der Waals surface area contributed by atoms with E-state index in [2.05, 4.69) is 19.2 Å². The first-order valence-corrected chi connectivity index (χ1v) is 3.93. The molecule has 1 atom stereocenters. The lowest BCUT2D eigenvalue weighted by Gasteiger charge is -2.26. The number of cyclic esters (lactones) is 1. The molecule has 1 amide bonds. The molecular weight excluding hydrogens is 142 g/mol. The van der Waals surface area contributed by atoms with Crippen molar-refractivity contribution in [2.75, 3.05) is 0 Å². The number of amides is 1. The van der Waals surface area contributed by atoms with Gasteiger partial charge in [0.2, 0.25) is 0 Å². The molecule has 0 spiro atoms. The van der Waals surface area contributed by atoms with E-state index in [-0.39, 0.29) is 17.7 Å². The molecule has 0 aromatic rings. The monoisotopic (exact) mass is 157 g/mol. The zero-order valence-corrected chi connectivity index (χ0v) is 7.47. The molecule has 0 radical (unpaired) electrons. The minimum atomic E-state index is -0.356. The van der Waals surface area contributed by atoms with Crippen molar-refractivity contribution in [3.8, 4) is 0 Å². The van der Waals surface area contributed by atoms with Gasteiger partial charge in [0.05, 0.1) is 6.04 Å². The van der Waals surface area contributed by atoms with Gasteiger partial charge in [0, 0.05) is 0 Å². The quantitative estimate of drug-likeness (QED) is 0.626. The smallest absolute Gasteiger partial charge is 0.408 e. The first kappa shape index (κ1) is 8.37. The summed E-state index contributed by atoms with van der Waals surface area (Å²) in [5.74, 6) is 0.413. The highest BCUT2D eigenvalue weighted by molar-refractivity contribution is 5.71. The van der Waals surface area contributed by atoms with Crippen LogP contribution in [0, 0.1) is 5.92 Å². The number of ether oxygens (including phenoxy) is 1. The molecule has 1 rings (SSSR count). The van der Waals surface area contributed by atoms with Crippen molar-refractivity contribution < 1.29 is 9.53 Å². The SMILES string of the molecule is CC(C)[C@@H]1NC(=O)OC1(C)C. The fourth-order valence-electron chi connectivity index (χ4n) is 1.60. The summed E-state index contributed by atoms with van der Waals surface area (Å²) in [6, 6.07) is 0.134. The van der Waals surface area contributed by atoms with Crippen LogP contribution in [0.5, 0.6) is 0 Å². The van der Waals surface area contributed by atoms with Gasteiger partial charge in [-0.1, -0.05) is 13.8 Å². The van der Waals surface area contributed by atoms with Gasteiger partial charge in [-0.05, 0) is 19.8 Å². The lowest BCUT2D eigenvalue weighted by atomic mass is 9.90. The largest absolute Gasteiger partial charge is 0.441 e. The molecule has 3 heteroatoms. The molecule has 0 unspecified atom stereocenters. The second-order valence-corrected chi connectivity index (χ2v) is 3.86. The van der Waals surface area contributed by atoms with E-state index >= 15 is 0 Å². The lowest BCUT2D eigenvalue weighted by molar-refractivity contribution is 0.0588. The maximum atomic E-state index is 10.8. The van der Waals surface area contributed by atoms with E-state index in [0.717, 1.165) is 0 Å². The Balaban J connectivity index is 2.74. The van der Waals surface area contributed by atoms with E-state index in [0.29, 0.717) is 5.92 Å². The van der Waals surface area contributed by atoms with Gasteiger partial charge in [0.15, 0.2) is 0 Å². The fourth-order valence-corrected chi connectivity index (χ4v) is 1.60. The summed E-state index contributed by atoms with van der Waals surface area (Å²) in [5, 5.41) is 2.78. The molecule has 1 fully saturated rings. The van der Waals surface area contributed by atoms with E-state index in [1.807, 2.05) is 13.8 Å². The third-order valence-corrected chi connectivity index (χ3v) is 2.04. The van der Waals surface area contributed by atoms with Crippen LogP contribution < -0.4 is 5.32 Å². The number of carbonyl (C=O) groups excluding carboxylic acids is 1. The summed E-state index contributed by atoms with van der Waals surface area (Å²) in [6.07, 6.45) is -0.297. The van der Waals surface area contributed by atoms with Gasteiger partial charge in [-0.3, -0.25) is 0 Å². The van der Waals surface area contributed by atoms with Crippen molar-refractivity contribution in [2.24, 2.45) is 5.92 Å². The fraction of sp³-hybridized carbons (Fsp3) is 0.875. The van der Waals surface area contributed by atoms with Crippen molar-refractivity contribution in [3.05, 3.63) is 0 Å². The standard InChI is InChI=1S/C8H15NO2/c1-5(2)6-8(3,4)11-7(10)9-6/h5-6H,1-4H3,(H,9,10)/t6-/m0/s1. The third kappa shape index (κ3) is 1.47. The van der Waals surface area contributed by atoms with Gasteiger partial charge in [-0.25, -0.2) is 4.79 Å². The Morgan fingerprint density at radius 1 is 1.55 bits per heavy atom. The summed E-state index contributed by atoms with van der Waals surface area (Å²) >= 11 is 0. The van der Waals surface area contributed by atoms with E-state index in [1.54, 1.807) is 0 Å². The highest BCUT2D eigenvalue weighted by Crippen LogP contribution is 2.26. The molecule has 1 saturated heterocycles. The minimum absolute atomic E-state index is 0.134. The second kappa shape index (κ2) is 2.40. The maximum Gasteiger partial charge on any atom is 0.408 e. The van der Waals surface area contributed by atoms with E-state index in [1.165, 1.54) is 0 Å². The van der Waals surface area contributed by atoms with Gasteiger partial charge in [-0.15, -0.1) is 0 Å². The normalized spacial score (nSPS) is 28.5. The predicted octanol–water partition coefficient (Wildman–Crippen LogP) is 1.53. The molecule has 0 saturated carbocycles. The van der Waals surface area contributed by atoms with Crippen LogP contribution in [0.3, 0.4) is 0 Å². The van der Waals surface area contributed by atoms with Gasteiger partial charge in [-0.2, -0.15) is 0 Å². The van der Waals surface area contributed by atoms with Crippen molar-refractivity contribution in [1.82, 2.24) is 5.32 Å². The highest BCUT2D eigenvalue weighted by atomic mass is 16.6. The van der Waals surface area contributed by atoms with Crippen LogP contribution >= 0.6 is 0 Å². The van der Waals surface area contributed by atoms with Crippen LogP contribution in [0.2, 0.25) is 0 Å². The number of alkyl carbamates (subject to hydrolysis) is 1. The molecule has 3 nitrogen and oxygen atoms in total. The summed E-state index contributed by atoms with van der Waals surface area (Å²) in [4.78, 5) is 10.8. The van der Waals surface area contributed by atoms with Crippen LogP contribution in [0.15, 0.2) is 0 Å². The summed E-state index contributed by atoms with van der Waals surface area (Å²) in [7, 11) is 0. The predicted molar refractivity (Wildman–Crippen MR) is 42.3 cm³/mol. The highest BCUT2D eigenvalue weighted by Gasteiger charge is 2.42. The Kier molecular flexibility index (Phi) is 1.82. The minimum Gasteiger partial charge on any atom is -0.441 e. The second-order valence-electron chi connectivity index (χ2n) is 3.86. The number of rotatable bonds is 1. The Morgan fingerprint density at radius 2 is 2.09 bits per heavy atom. The number of carbonyl (C=O) groups is 1. The average molecular weight is 157 g/mol. The lowest BCUT2D eigenvalue weighted by Crippen LogP contribution is -2.42. The average Bonchev–Trinajstić information content (AvgIpc) is 2.04. The number of nitrogens with one attached hydrogen (secondary N) is 1. The molecular formula is C8H15NO2.